The molecule has 128 valence electrons. The van der Waals surface area contributed by atoms with Gasteiger partial charge in [-0.2, -0.15) is 16.8 Å². The van der Waals surface area contributed by atoms with Crippen molar-refractivity contribution < 1.29 is 45.7 Å². The van der Waals surface area contributed by atoms with Gasteiger partial charge in [0.15, 0.2) is 0 Å². The Kier molecular flexibility index (Phi) is 4.10. The summed E-state index contributed by atoms with van der Waals surface area (Å²) in [4.78, 5) is 20.7. The van der Waals surface area contributed by atoms with E-state index < -0.39 is 63.9 Å². The molecule has 0 saturated carbocycles. The maximum Gasteiger partial charge on any atom is 0.337 e. The van der Waals surface area contributed by atoms with Crippen molar-refractivity contribution in [3.8, 4) is 0 Å². The third-order valence-corrected chi connectivity index (χ3v) is 4.90. The van der Waals surface area contributed by atoms with Gasteiger partial charge in [-0.05, 0) is 22.9 Å². The molecule has 0 spiro atoms. The van der Waals surface area contributed by atoms with Gasteiger partial charge >= 0.3 is 11.9 Å². The van der Waals surface area contributed by atoms with Crippen LogP contribution in [0.4, 0.5) is 0 Å². The first-order valence-electron chi connectivity index (χ1n) is 5.87. The highest BCUT2D eigenvalue weighted by Crippen LogP contribution is 2.31. The zero-order valence-electron chi connectivity index (χ0n) is 11.4. The number of hydrogen-bond donors (Lipinski definition) is 4. The van der Waals surface area contributed by atoms with Gasteiger partial charge in [-0.1, -0.05) is 12.1 Å². The maximum absolute atomic E-state index is 11.4. The van der Waals surface area contributed by atoms with Crippen molar-refractivity contribution in [1.29, 1.82) is 0 Å². The fraction of sp³-hybridized carbons (Fsp3) is 0. The molecule has 2 aromatic carbocycles. The summed E-state index contributed by atoms with van der Waals surface area (Å²) in [6, 6.07) is 2.90. The average molecular weight is 376 g/mol. The molecule has 0 atom stereocenters. The van der Waals surface area contributed by atoms with Gasteiger partial charge in [-0.25, -0.2) is 9.59 Å². The van der Waals surface area contributed by atoms with Crippen LogP contribution in [0.5, 0.6) is 0 Å². The summed E-state index contributed by atoms with van der Waals surface area (Å²) < 4.78 is 63.3. The number of rotatable bonds is 4. The molecule has 4 N–H and O–H groups in total. The summed E-state index contributed by atoms with van der Waals surface area (Å²) in [5.74, 6) is -3.58. The largest absolute Gasteiger partial charge is 0.478 e. The minimum absolute atomic E-state index is 0.442. The highest BCUT2D eigenvalue weighted by atomic mass is 32.2. The van der Waals surface area contributed by atoms with Crippen molar-refractivity contribution in [1.82, 2.24) is 0 Å². The van der Waals surface area contributed by atoms with Gasteiger partial charge in [0.05, 0.1) is 11.1 Å². The van der Waals surface area contributed by atoms with Gasteiger partial charge in [0.2, 0.25) is 0 Å². The lowest BCUT2D eigenvalue weighted by molar-refractivity contribution is 0.0682. The molecule has 0 aliphatic rings. The van der Waals surface area contributed by atoms with E-state index in [-0.39, 0.29) is 0 Å². The molecule has 0 radical (unpaired) electrons. The van der Waals surface area contributed by atoms with E-state index in [2.05, 4.69) is 0 Å². The van der Waals surface area contributed by atoms with Crippen molar-refractivity contribution in [2.24, 2.45) is 0 Å². The van der Waals surface area contributed by atoms with Gasteiger partial charge in [0.25, 0.3) is 20.2 Å². The molecule has 2 rings (SSSR count). The molecule has 0 fully saturated rings. The zero-order chi connectivity index (χ0) is 18.4. The summed E-state index contributed by atoms with van der Waals surface area (Å²) in [5, 5.41) is 17.5. The lowest BCUT2D eigenvalue weighted by Crippen LogP contribution is -2.12. The smallest absolute Gasteiger partial charge is 0.337 e. The van der Waals surface area contributed by atoms with E-state index in [0.717, 1.165) is 12.1 Å². The molecule has 2 aromatic rings. The lowest BCUT2D eigenvalue weighted by Gasteiger charge is -2.11. The van der Waals surface area contributed by atoms with E-state index in [1.165, 1.54) is 0 Å². The topological polar surface area (TPSA) is 183 Å². The fourth-order valence-corrected chi connectivity index (χ4v) is 3.63. The van der Waals surface area contributed by atoms with E-state index in [1.54, 1.807) is 0 Å². The number of carbonyl (C=O) groups is 2. The number of aromatic carboxylic acids is 2. The molecule has 0 bridgehead atoms. The van der Waals surface area contributed by atoms with Crippen molar-refractivity contribution >= 4 is 42.9 Å². The first-order chi connectivity index (χ1) is 10.9. The third kappa shape index (κ3) is 2.94. The molecule has 0 aromatic heterocycles. The van der Waals surface area contributed by atoms with Gasteiger partial charge in [0.1, 0.15) is 9.79 Å². The van der Waals surface area contributed by atoms with E-state index in [4.69, 9.17) is 9.11 Å². The average Bonchev–Trinajstić information content (AvgIpc) is 2.41. The van der Waals surface area contributed by atoms with Crippen molar-refractivity contribution in [3.63, 3.8) is 0 Å². The maximum atomic E-state index is 11.4. The number of carboxylic acid groups (broad SMARTS) is 2. The Morgan fingerprint density at radius 3 is 1.17 bits per heavy atom. The fourth-order valence-electron chi connectivity index (χ4n) is 2.24. The Morgan fingerprint density at radius 2 is 0.958 bits per heavy atom. The van der Waals surface area contributed by atoms with Gasteiger partial charge < -0.3 is 10.2 Å². The van der Waals surface area contributed by atoms with Crippen LogP contribution in [0.1, 0.15) is 20.7 Å². The first-order valence-corrected chi connectivity index (χ1v) is 8.75. The second kappa shape index (κ2) is 5.52. The van der Waals surface area contributed by atoms with Crippen LogP contribution in [0.15, 0.2) is 34.1 Å². The molecule has 0 unspecified atom stereocenters. The molecule has 0 amide bonds. The third-order valence-electron chi connectivity index (χ3n) is 3.11. The van der Waals surface area contributed by atoms with Crippen LogP contribution in [0.3, 0.4) is 0 Å². The van der Waals surface area contributed by atoms with Crippen LogP contribution in [-0.4, -0.2) is 48.1 Å². The molecule has 24 heavy (non-hydrogen) atoms. The predicted molar refractivity (Wildman–Crippen MR) is 77.5 cm³/mol. The zero-order valence-corrected chi connectivity index (χ0v) is 13.0. The minimum Gasteiger partial charge on any atom is -0.478 e. The van der Waals surface area contributed by atoms with Crippen LogP contribution >= 0.6 is 0 Å². The molecule has 0 aliphatic heterocycles. The molecular formula is C12H8O10S2. The quantitative estimate of drug-likeness (QED) is 0.555. The molecule has 0 aliphatic carbocycles. The molecule has 10 nitrogen and oxygen atoms in total. The van der Waals surface area contributed by atoms with Gasteiger partial charge in [0, 0.05) is 0 Å². The van der Waals surface area contributed by atoms with Crippen LogP contribution in [0.2, 0.25) is 0 Å². The summed E-state index contributed by atoms with van der Waals surface area (Å²) in [7, 11) is -9.87. The van der Waals surface area contributed by atoms with Crippen LogP contribution < -0.4 is 0 Å². The van der Waals surface area contributed by atoms with Crippen LogP contribution in [0, 0.1) is 0 Å². The minimum atomic E-state index is -4.94. The van der Waals surface area contributed by atoms with Crippen LogP contribution in [0.25, 0.3) is 10.8 Å². The van der Waals surface area contributed by atoms with Gasteiger partial charge in [-0.3, -0.25) is 9.11 Å². The standard InChI is InChI=1S/C12H8O10S2/c13-11(14)9-5-1-3-7(23(17,18)19)10(12(15)16)6(5)2-4-8(9)24(20,21)22/h1-4H,(H,13,14)(H,15,16)(H,17,18,19)(H,20,21,22). The van der Waals surface area contributed by atoms with Crippen molar-refractivity contribution in [2.75, 3.05) is 0 Å². The lowest BCUT2D eigenvalue weighted by atomic mass is 10.00. The number of fused-ring (bicyclic) bond motifs is 1. The Balaban J connectivity index is 3.14. The Hall–Kier alpha value is -2.54. The summed E-state index contributed by atoms with van der Waals surface area (Å²) >= 11 is 0. The predicted octanol–water partition coefficient (Wildman–Crippen LogP) is 0.730. The molecular weight excluding hydrogens is 368 g/mol. The Morgan fingerprint density at radius 1 is 0.667 bits per heavy atom. The monoisotopic (exact) mass is 376 g/mol. The molecule has 0 saturated heterocycles. The number of carboxylic acids is 2. The normalized spacial score (nSPS) is 12.2. The highest BCUT2D eigenvalue weighted by Gasteiger charge is 2.28. The molecule has 12 heteroatoms. The second-order valence-corrected chi connectivity index (χ2v) is 7.31. The summed E-state index contributed by atoms with van der Waals surface area (Å²) in [6.45, 7) is 0. The van der Waals surface area contributed by atoms with E-state index in [9.17, 15) is 36.6 Å². The van der Waals surface area contributed by atoms with E-state index >= 15 is 0 Å². The Bertz CT molecular complexity index is 1010. The van der Waals surface area contributed by atoms with Crippen molar-refractivity contribution in [2.45, 2.75) is 9.79 Å². The second-order valence-electron chi connectivity index (χ2n) is 4.53. The van der Waals surface area contributed by atoms with Gasteiger partial charge in [-0.15, -0.1) is 0 Å². The van der Waals surface area contributed by atoms with Crippen molar-refractivity contribution in [3.05, 3.63) is 35.4 Å². The van der Waals surface area contributed by atoms with Crippen LogP contribution in [-0.2, 0) is 20.2 Å². The number of hydrogen-bond acceptors (Lipinski definition) is 6. The van der Waals surface area contributed by atoms with E-state index in [0.29, 0.717) is 12.1 Å². The number of benzene rings is 2. The summed E-state index contributed by atoms with van der Waals surface area (Å²) in [5.41, 5.74) is -1.86. The summed E-state index contributed by atoms with van der Waals surface area (Å²) in [6.07, 6.45) is 0. The SMILES string of the molecule is O=C(O)c1c(S(=O)(=O)O)ccc2c(C(=O)O)c(S(=O)(=O)O)ccc12. The Labute approximate surface area is 134 Å². The van der Waals surface area contributed by atoms with E-state index in [1.807, 2.05) is 0 Å². The first kappa shape index (κ1) is 17.8. The molecule has 0 heterocycles. The highest BCUT2D eigenvalue weighted by molar-refractivity contribution is 7.86.